The van der Waals surface area contributed by atoms with Crippen molar-refractivity contribution in [1.29, 1.82) is 0 Å². The molecule has 2 rings (SSSR count). The van der Waals surface area contributed by atoms with Crippen LogP contribution in [0.5, 0.6) is 0 Å². The molecule has 1 heterocycles. The van der Waals surface area contributed by atoms with E-state index in [0.717, 1.165) is 23.7 Å². The maximum absolute atomic E-state index is 5.85. The quantitative estimate of drug-likeness (QED) is 0.848. The van der Waals surface area contributed by atoms with E-state index in [9.17, 15) is 0 Å². The monoisotopic (exact) mass is 250 g/mol. The number of aromatic nitrogens is 1. The molecule has 2 N–H and O–H groups in total. The number of anilines is 1. The van der Waals surface area contributed by atoms with Gasteiger partial charge in [-0.1, -0.05) is 38.3 Å². The first-order valence-electron chi connectivity index (χ1n) is 7.50. The van der Waals surface area contributed by atoms with Gasteiger partial charge < -0.3 is 10.3 Å². The molecule has 3 heteroatoms. The molecule has 1 fully saturated rings. The van der Waals surface area contributed by atoms with Crippen molar-refractivity contribution in [2.75, 3.05) is 5.73 Å². The van der Waals surface area contributed by atoms with Gasteiger partial charge in [0.2, 0.25) is 0 Å². The van der Waals surface area contributed by atoms with Crippen molar-refractivity contribution in [3.63, 3.8) is 0 Å². The lowest BCUT2D eigenvalue weighted by molar-refractivity contribution is 0.264. The number of nitrogens with zero attached hydrogens (tertiary/aromatic N) is 1. The predicted octanol–water partition coefficient (Wildman–Crippen LogP) is 4.28. The lowest BCUT2D eigenvalue weighted by atomic mass is 9.78. The molecule has 0 amide bonds. The van der Waals surface area contributed by atoms with Crippen molar-refractivity contribution in [2.24, 2.45) is 5.92 Å². The number of nitrogen functional groups attached to an aromatic ring is 1. The summed E-state index contributed by atoms with van der Waals surface area (Å²) in [6.07, 6.45) is 10.2. The van der Waals surface area contributed by atoms with E-state index >= 15 is 0 Å². The number of unbranched alkanes of at least 4 members (excludes halogenated alkanes) is 1. The first kappa shape index (κ1) is 13.4. The van der Waals surface area contributed by atoms with Crippen molar-refractivity contribution in [1.82, 2.24) is 5.16 Å². The van der Waals surface area contributed by atoms with Gasteiger partial charge in [-0.25, -0.2) is 0 Å². The van der Waals surface area contributed by atoms with Crippen LogP contribution < -0.4 is 5.73 Å². The molecule has 1 aliphatic carbocycles. The van der Waals surface area contributed by atoms with E-state index in [1.165, 1.54) is 44.9 Å². The maximum Gasteiger partial charge on any atom is 0.170 e. The molecule has 0 saturated heterocycles. The van der Waals surface area contributed by atoms with Crippen molar-refractivity contribution in [3.8, 4) is 0 Å². The van der Waals surface area contributed by atoms with E-state index in [0.29, 0.717) is 11.7 Å². The minimum absolute atomic E-state index is 0.558. The third-order valence-electron chi connectivity index (χ3n) is 4.39. The summed E-state index contributed by atoms with van der Waals surface area (Å²) in [7, 11) is 0. The Hall–Kier alpha value is -0.990. The molecule has 1 aliphatic rings. The summed E-state index contributed by atoms with van der Waals surface area (Å²) < 4.78 is 5.47. The number of hydrogen-bond donors (Lipinski definition) is 1. The highest BCUT2D eigenvalue weighted by Crippen LogP contribution is 2.39. The summed E-state index contributed by atoms with van der Waals surface area (Å²) in [5, 5.41) is 3.93. The number of rotatable bonds is 5. The van der Waals surface area contributed by atoms with Crippen LogP contribution in [0, 0.1) is 5.92 Å². The number of nitrogens with two attached hydrogens (primary N) is 1. The highest BCUT2D eigenvalue weighted by atomic mass is 16.5. The van der Waals surface area contributed by atoms with Gasteiger partial charge in [0.1, 0.15) is 5.76 Å². The summed E-state index contributed by atoms with van der Waals surface area (Å²) in [6.45, 7) is 4.40. The predicted molar refractivity (Wildman–Crippen MR) is 74.5 cm³/mol. The van der Waals surface area contributed by atoms with E-state index < -0.39 is 0 Å². The average molecular weight is 250 g/mol. The van der Waals surface area contributed by atoms with Crippen LogP contribution in [0.3, 0.4) is 0 Å². The molecule has 1 saturated carbocycles. The minimum Gasteiger partial charge on any atom is -0.381 e. The van der Waals surface area contributed by atoms with Crippen LogP contribution in [0.1, 0.15) is 76.0 Å². The Morgan fingerprint density at radius 3 is 2.56 bits per heavy atom. The molecule has 0 aliphatic heterocycles. The van der Waals surface area contributed by atoms with Gasteiger partial charge in [-0.3, -0.25) is 0 Å². The van der Waals surface area contributed by atoms with Gasteiger partial charge in [0.05, 0.1) is 0 Å². The van der Waals surface area contributed by atoms with E-state index in [1.807, 2.05) is 0 Å². The largest absolute Gasteiger partial charge is 0.381 e. The lowest BCUT2D eigenvalue weighted by Gasteiger charge is -2.27. The standard InChI is InChI=1S/C15H26N2O/c1-3-5-6-11-7-9-12(10-8-11)14-13(4-2)15(16)17-18-14/h11-12H,3-10H2,1-2H3,(H2,16,17). The Balaban J connectivity index is 1.92. The van der Waals surface area contributed by atoms with Crippen LogP contribution in [0.2, 0.25) is 0 Å². The van der Waals surface area contributed by atoms with Crippen molar-refractivity contribution in [2.45, 2.75) is 71.1 Å². The van der Waals surface area contributed by atoms with E-state index in [-0.39, 0.29) is 0 Å². The summed E-state index contributed by atoms with van der Waals surface area (Å²) >= 11 is 0. The summed E-state index contributed by atoms with van der Waals surface area (Å²) in [5.41, 5.74) is 6.99. The Bertz CT molecular complexity index is 365. The van der Waals surface area contributed by atoms with Gasteiger partial charge in [0.15, 0.2) is 5.82 Å². The molecule has 0 aromatic carbocycles. The molecule has 0 radical (unpaired) electrons. The van der Waals surface area contributed by atoms with Crippen LogP contribution in [0.4, 0.5) is 5.82 Å². The average Bonchev–Trinajstić information content (AvgIpc) is 2.78. The van der Waals surface area contributed by atoms with Gasteiger partial charge in [0, 0.05) is 11.5 Å². The van der Waals surface area contributed by atoms with Crippen LogP contribution in [-0.2, 0) is 6.42 Å². The molecule has 0 spiro atoms. The van der Waals surface area contributed by atoms with Crippen molar-refractivity contribution >= 4 is 5.82 Å². The zero-order valence-electron chi connectivity index (χ0n) is 11.7. The molecule has 0 bridgehead atoms. The summed E-state index contributed by atoms with van der Waals surface area (Å²) in [5.74, 6) is 3.17. The normalized spacial score (nSPS) is 24.3. The third-order valence-corrected chi connectivity index (χ3v) is 4.39. The van der Waals surface area contributed by atoms with Crippen molar-refractivity contribution < 1.29 is 4.52 Å². The van der Waals surface area contributed by atoms with Gasteiger partial charge in [-0.2, -0.15) is 0 Å². The number of hydrogen-bond acceptors (Lipinski definition) is 3. The first-order valence-corrected chi connectivity index (χ1v) is 7.50. The van der Waals surface area contributed by atoms with Gasteiger partial charge in [0.25, 0.3) is 0 Å². The molecule has 18 heavy (non-hydrogen) atoms. The highest BCUT2D eigenvalue weighted by molar-refractivity contribution is 5.41. The molecule has 1 aromatic heterocycles. The van der Waals surface area contributed by atoms with Gasteiger partial charge >= 0.3 is 0 Å². The van der Waals surface area contributed by atoms with Crippen LogP contribution in [0.25, 0.3) is 0 Å². The van der Waals surface area contributed by atoms with E-state index in [4.69, 9.17) is 10.3 Å². The minimum atomic E-state index is 0.558. The highest BCUT2D eigenvalue weighted by Gasteiger charge is 2.27. The molecular formula is C15H26N2O. The summed E-state index contributed by atoms with van der Waals surface area (Å²) in [6, 6.07) is 0. The van der Waals surface area contributed by atoms with Crippen molar-refractivity contribution in [3.05, 3.63) is 11.3 Å². The Morgan fingerprint density at radius 1 is 1.22 bits per heavy atom. The van der Waals surface area contributed by atoms with Crippen LogP contribution >= 0.6 is 0 Å². The molecule has 3 nitrogen and oxygen atoms in total. The van der Waals surface area contributed by atoms with E-state index in [2.05, 4.69) is 19.0 Å². The Morgan fingerprint density at radius 2 is 1.94 bits per heavy atom. The first-order chi connectivity index (χ1) is 8.76. The fraction of sp³-hybridized carbons (Fsp3) is 0.800. The smallest absolute Gasteiger partial charge is 0.170 e. The van der Waals surface area contributed by atoms with Crippen LogP contribution in [0.15, 0.2) is 4.52 Å². The Kier molecular flexibility index (Phi) is 4.67. The Labute approximate surface area is 110 Å². The topological polar surface area (TPSA) is 52.0 Å². The molecule has 0 unspecified atom stereocenters. The fourth-order valence-corrected chi connectivity index (χ4v) is 3.22. The molecule has 1 aromatic rings. The van der Waals surface area contributed by atoms with Crippen LogP contribution in [-0.4, -0.2) is 5.16 Å². The summed E-state index contributed by atoms with van der Waals surface area (Å²) in [4.78, 5) is 0. The van der Waals surface area contributed by atoms with Gasteiger partial charge in [-0.15, -0.1) is 0 Å². The second kappa shape index (κ2) is 6.26. The zero-order chi connectivity index (χ0) is 13.0. The SMILES string of the molecule is CCCCC1CCC(c2onc(N)c2CC)CC1. The molecule has 102 valence electrons. The molecular weight excluding hydrogens is 224 g/mol. The zero-order valence-corrected chi connectivity index (χ0v) is 11.7. The second-order valence-electron chi connectivity index (χ2n) is 5.62. The second-order valence-corrected chi connectivity index (χ2v) is 5.62. The lowest BCUT2D eigenvalue weighted by Crippen LogP contribution is -2.14. The molecule has 0 atom stereocenters. The fourth-order valence-electron chi connectivity index (χ4n) is 3.22. The third kappa shape index (κ3) is 2.88. The maximum atomic E-state index is 5.85. The van der Waals surface area contributed by atoms with Gasteiger partial charge in [-0.05, 0) is 38.0 Å². The van der Waals surface area contributed by atoms with E-state index in [1.54, 1.807) is 0 Å².